The molecule has 3 atom stereocenters. The molecule has 2 N–H and O–H groups in total. The first-order valence-electron chi connectivity index (χ1n) is 6.37. The Hall–Kier alpha value is -0.690. The van der Waals surface area contributed by atoms with E-state index in [1.165, 1.54) is 0 Å². The quantitative estimate of drug-likeness (QED) is 0.606. The van der Waals surface area contributed by atoms with E-state index in [0.29, 0.717) is 33.0 Å². The predicted molar refractivity (Wildman–Crippen MR) is 67.5 cm³/mol. The van der Waals surface area contributed by atoms with Gasteiger partial charge >= 0.3 is 0 Å². The van der Waals surface area contributed by atoms with Crippen molar-refractivity contribution in [3.05, 3.63) is 0 Å². The highest BCUT2D eigenvalue weighted by Crippen LogP contribution is 2.04. The Morgan fingerprint density at radius 1 is 1.56 bits per heavy atom. The molecule has 6 nitrogen and oxygen atoms in total. The van der Waals surface area contributed by atoms with Gasteiger partial charge in [0.15, 0.2) is 0 Å². The van der Waals surface area contributed by atoms with Crippen molar-refractivity contribution in [3.63, 3.8) is 0 Å². The van der Waals surface area contributed by atoms with E-state index in [1.54, 1.807) is 7.11 Å². The summed E-state index contributed by atoms with van der Waals surface area (Å²) in [5.74, 6) is -0.0370. The van der Waals surface area contributed by atoms with Gasteiger partial charge in [0.05, 0.1) is 32.5 Å². The van der Waals surface area contributed by atoms with Gasteiger partial charge < -0.3 is 24.8 Å². The van der Waals surface area contributed by atoms with Gasteiger partial charge in [0, 0.05) is 19.7 Å². The molecule has 0 saturated carbocycles. The molecule has 106 valence electrons. The number of methoxy groups -OCH3 is 1. The van der Waals surface area contributed by atoms with Crippen molar-refractivity contribution in [1.82, 2.24) is 10.6 Å². The molecule has 0 aromatic heterocycles. The lowest BCUT2D eigenvalue weighted by Crippen LogP contribution is -2.57. The van der Waals surface area contributed by atoms with Crippen LogP contribution >= 0.6 is 0 Å². The van der Waals surface area contributed by atoms with Gasteiger partial charge in [-0.1, -0.05) is 0 Å². The van der Waals surface area contributed by atoms with Gasteiger partial charge in [-0.25, -0.2) is 0 Å². The smallest absolute Gasteiger partial charge is 0.240 e. The zero-order chi connectivity index (χ0) is 13.4. The van der Waals surface area contributed by atoms with Crippen LogP contribution in [0.15, 0.2) is 0 Å². The molecule has 0 aromatic carbocycles. The van der Waals surface area contributed by atoms with E-state index in [9.17, 15) is 4.79 Å². The molecule has 1 unspecified atom stereocenters. The molecule has 1 heterocycles. The van der Waals surface area contributed by atoms with Crippen molar-refractivity contribution in [3.8, 4) is 0 Å². The molecule has 0 aliphatic carbocycles. The second-order valence-electron chi connectivity index (χ2n) is 4.49. The van der Waals surface area contributed by atoms with Crippen LogP contribution in [-0.2, 0) is 19.0 Å². The first kappa shape index (κ1) is 15.4. The molecule has 18 heavy (non-hydrogen) atoms. The molecule has 1 aliphatic rings. The first-order chi connectivity index (χ1) is 8.65. The summed E-state index contributed by atoms with van der Waals surface area (Å²) in [6.07, 6.45) is -0.0969. The van der Waals surface area contributed by atoms with E-state index < -0.39 is 0 Å². The molecular weight excluding hydrogens is 236 g/mol. The fourth-order valence-corrected chi connectivity index (χ4v) is 1.80. The van der Waals surface area contributed by atoms with Crippen LogP contribution in [-0.4, -0.2) is 64.2 Å². The Morgan fingerprint density at radius 2 is 2.33 bits per heavy atom. The average Bonchev–Trinajstić information content (AvgIpc) is 2.35. The Kier molecular flexibility index (Phi) is 7.19. The topological polar surface area (TPSA) is 68.8 Å². The lowest BCUT2D eigenvalue weighted by molar-refractivity contribution is -0.130. The van der Waals surface area contributed by atoms with Crippen LogP contribution in [0.2, 0.25) is 0 Å². The summed E-state index contributed by atoms with van der Waals surface area (Å²) in [5, 5.41) is 6.06. The van der Waals surface area contributed by atoms with Gasteiger partial charge in [0.25, 0.3) is 0 Å². The summed E-state index contributed by atoms with van der Waals surface area (Å²) >= 11 is 0. The number of morpholine rings is 1. The van der Waals surface area contributed by atoms with Crippen molar-refractivity contribution < 1.29 is 19.0 Å². The maximum Gasteiger partial charge on any atom is 0.240 e. The van der Waals surface area contributed by atoms with Crippen molar-refractivity contribution >= 4 is 5.91 Å². The van der Waals surface area contributed by atoms with Crippen LogP contribution in [0.25, 0.3) is 0 Å². The van der Waals surface area contributed by atoms with E-state index in [-0.39, 0.29) is 24.1 Å². The van der Waals surface area contributed by atoms with E-state index >= 15 is 0 Å². The maximum absolute atomic E-state index is 12.0. The van der Waals surface area contributed by atoms with Crippen LogP contribution < -0.4 is 10.6 Å². The van der Waals surface area contributed by atoms with Gasteiger partial charge in [-0.3, -0.25) is 4.79 Å². The molecule has 1 rings (SSSR count). The van der Waals surface area contributed by atoms with Crippen molar-refractivity contribution in [2.24, 2.45) is 0 Å². The Balaban J connectivity index is 2.21. The summed E-state index contributed by atoms with van der Waals surface area (Å²) in [7, 11) is 1.63. The third-order valence-corrected chi connectivity index (χ3v) is 2.79. The van der Waals surface area contributed by atoms with Gasteiger partial charge in [0.2, 0.25) is 5.91 Å². The second-order valence-corrected chi connectivity index (χ2v) is 4.49. The Labute approximate surface area is 108 Å². The molecule has 0 aromatic rings. The highest BCUT2D eigenvalue weighted by atomic mass is 16.5. The number of carbonyl (C=O) groups is 1. The zero-order valence-electron chi connectivity index (χ0n) is 11.4. The normalized spacial score (nSPS) is 25.7. The summed E-state index contributed by atoms with van der Waals surface area (Å²) in [5.41, 5.74) is 0. The molecule has 1 aliphatic heterocycles. The molecule has 6 heteroatoms. The maximum atomic E-state index is 12.0. The lowest BCUT2D eigenvalue weighted by atomic mass is 10.1. The van der Waals surface area contributed by atoms with Crippen LogP contribution in [0.4, 0.5) is 0 Å². The monoisotopic (exact) mass is 260 g/mol. The largest absolute Gasteiger partial charge is 0.382 e. The van der Waals surface area contributed by atoms with E-state index in [1.807, 2.05) is 13.8 Å². The fourth-order valence-electron chi connectivity index (χ4n) is 1.80. The van der Waals surface area contributed by atoms with Gasteiger partial charge in [-0.2, -0.15) is 0 Å². The van der Waals surface area contributed by atoms with Crippen LogP contribution in [0, 0.1) is 0 Å². The highest BCUT2D eigenvalue weighted by molar-refractivity contribution is 5.82. The lowest BCUT2D eigenvalue weighted by Gasteiger charge is -2.30. The number of nitrogens with one attached hydrogen (secondary N) is 2. The van der Waals surface area contributed by atoms with E-state index in [2.05, 4.69) is 10.6 Å². The van der Waals surface area contributed by atoms with Crippen LogP contribution in [0.5, 0.6) is 0 Å². The molecular formula is C12H24N2O4. The minimum absolute atomic E-state index is 0.0229. The van der Waals surface area contributed by atoms with Gasteiger partial charge in [0.1, 0.15) is 6.04 Å². The van der Waals surface area contributed by atoms with Gasteiger partial charge in [-0.05, 0) is 13.8 Å². The number of rotatable bonds is 7. The third kappa shape index (κ3) is 5.30. The standard InChI is InChI=1S/C12H24N2O4/c1-9(8-17-7-6-16-3)14-12(15)11-10(2)18-5-4-13-11/h9-11,13H,4-8H2,1-3H3,(H,14,15)/t9?,10-,11+/m1/s1. The molecule has 1 fully saturated rings. The SMILES string of the molecule is COCCOCC(C)NC(=O)[C@H]1NCCO[C@@H]1C. The average molecular weight is 260 g/mol. The summed E-state index contributed by atoms with van der Waals surface area (Å²) in [6.45, 7) is 6.77. The minimum atomic E-state index is -0.278. The molecule has 0 bridgehead atoms. The zero-order valence-corrected chi connectivity index (χ0v) is 11.4. The third-order valence-electron chi connectivity index (χ3n) is 2.79. The minimum Gasteiger partial charge on any atom is -0.382 e. The van der Waals surface area contributed by atoms with Crippen LogP contribution in [0.3, 0.4) is 0 Å². The number of amides is 1. The second kappa shape index (κ2) is 8.42. The number of ether oxygens (including phenoxy) is 3. The Bertz CT molecular complexity index is 250. The van der Waals surface area contributed by atoms with E-state index in [4.69, 9.17) is 14.2 Å². The first-order valence-corrected chi connectivity index (χ1v) is 6.37. The fraction of sp³-hybridized carbons (Fsp3) is 0.917. The molecule has 1 amide bonds. The van der Waals surface area contributed by atoms with E-state index in [0.717, 1.165) is 0 Å². The van der Waals surface area contributed by atoms with Crippen molar-refractivity contribution in [2.75, 3.05) is 40.1 Å². The predicted octanol–water partition coefficient (Wildman–Crippen LogP) is -0.469. The summed E-state index contributed by atoms with van der Waals surface area (Å²) in [4.78, 5) is 12.0. The number of hydrogen-bond acceptors (Lipinski definition) is 5. The van der Waals surface area contributed by atoms with Crippen molar-refractivity contribution in [2.45, 2.75) is 32.0 Å². The molecule has 0 spiro atoms. The molecule has 1 saturated heterocycles. The summed E-state index contributed by atoms with van der Waals surface area (Å²) < 4.78 is 15.7. The number of carbonyl (C=O) groups excluding carboxylic acids is 1. The van der Waals surface area contributed by atoms with Gasteiger partial charge in [-0.15, -0.1) is 0 Å². The molecule has 0 radical (unpaired) electrons. The van der Waals surface area contributed by atoms with Crippen LogP contribution in [0.1, 0.15) is 13.8 Å². The number of hydrogen-bond donors (Lipinski definition) is 2. The van der Waals surface area contributed by atoms with Crippen molar-refractivity contribution in [1.29, 1.82) is 0 Å². The summed E-state index contributed by atoms with van der Waals surface area (Å²) in [6, 6.07) is -0.301. The Morgan fingerprint density at radius 3 is 3.00 bits per heavy atom. The highest BCUT2D eigenvalue weighted by Gasteiger charge is 2.28.